The molecule has 0 aliphatic rings. The highest BCUT2D eigenvalue weighted by molar-refractivity contribution is 7.89. The highest BCUT2D eigenvalue weighted by Crippen LogP contribution is 2.16. The molecule has 0 aromatic heterocycles. The van der Waals surface area contributed by atoms with Gasteiger partial charge in [-0.15, -0.1) is 0 Å². The molecule has 0 saturated heterocycles. The molecule has 0 bridgehead atoms. The lowest BCUT2D eigenvalue weighted by molar-refractivity contribution is -0.116. The van der Waals surface area contributed by atoms with Crippen molar-refractivity contribution in [2.45, 2.75) is 17.7 Å². The van der Waals surface area contributed by atoms with Crippen LogP contribution in [0.25, 0.3) is 0 Å². The van der Waals surface area contributed by atoms with Crippen molar-refractivity contribution in [2.24, 2.45) is 0 Å². The molecule has 1 amide bonds. The summed E-state index contributed by atoms with van der Waals surface area (Å²) in [5, 5.41) is 2.35. The fourth-order valence-electron chi connectivity index (χ4n) is 2.22. The maximum absolute atomic E-state index is 13.1. The van der Waals surface area contributed by atoms with E-state index >= 15 is 0 Å². The standard InChI is InChI=1S/C17H17F3N2O3S/c1-22(26(24,25)16-6-4-12(18)5-7-16)8-2-3-17(23)21-15-10-13(19)9-14(20)11-15/h4-7,9-11H,2-3,8H2,1H3,(H,21,23). The first-order valence-corrected chi connectivity index (χ1v) is 9.10. The fourth-order valence-corrected chi connectivity index (χ4v) is 3.43. The number of amides is 1. The van der Waals surface area contributed by atoms with Crippen molar-refractivity contribution in [1.29, 1.82) is 0 Å². The Hall–Kier alpha value is -2.39. The number of halogens is 3. The van der Waals surface area contributed by atoms with Crippen molar-refractivity contribution in [3.05, 3.63) is 59.9 Å². The van der Waals surface area contributed by atoms with Crippen molar-refractivity contribution in [1.82, 2.24) is 4.31 Å². The minimum Gasteiger partial charge on any atom is -0.326 e. The van der Waals surface area contributed by atoms with Gasteiger partial charge >= 0.3 is 0 Å². The minimum absolute atomic E-state index is 0.0141. The molecule has 0 heterocycles. The van der Waals surface area contributed by atoms with Gasteiger partial charge in [-0.3, -0.25) is 4.79 Å². The van der Waals surface area contributed by atoms with Gasteiger partial charge in [0.05, 0.1) is 4.90 Å². The first-order chi connectivity index (χ1) is 12.2. The largest absolute Gasteiger partial charge is 0.326 e. The number of benzene rings is 2. The first kappa shape index (κ1) is 19.9. The van der Waals surface area contributed by atoms with Crippen LogP contribution in [0.3, 0.4) is 0 Å². The molecule has 0 radical (unpaired) electrons. The van der Waals surface area contributed by atoms with Crippen LogP contribution in [0.15, 0.2) is 47.4 Å². The number of anilines is 1. The molecule has 5 nitrogen and oxygen atoms in total. The molecule has 0 saturated carbocycles. The number of nitrogens with zero attached hydrogens (tertiary/aromatic N) is 1. The Bertz CT molecular complexity index is 866. The second-order valence-electron chi connectivity index (χ2n) is 5.59. The summed E-state index contributed by atoms with van der Waals surface area (Å²) in [7, 11) is -2.44. The summed E-state index contributed by atoms with van der Waals surface area (Å²) in [6, 6.07) is 7.06. The molecule has 0 fully saturated rings. The van der Waals surface area contributed by atoms with Gasteiger partial charge in [-0.25, -0.2) is 25.9 Å². The zero-order chi connectivity index (χ0) is 19.3. The van der Waals surface area contributed by atoms with Crippen LogP contribution in [0.1, 0.15) is 12.8 Å². The normalized spacial score (nSPS) is 11.6. The van der Waals surface area contributed by atoms with Crippen LogP contribution in [0.5, 0.6) is 0 Å². The van der Waals surface area contributed by atoms with Crippen molar-refractivity contribution in [2.75, 3.05) is 18.9 Å². The molecule has 9 heteroatoms. The lowest BCUT2D eigenvalue weighted by Crippen LogP contribution is -2.28. The van der Waals surface area contributed by atoms with Gasteiger partial charge in [0, 0.05) is 31.8 Å². The number of rotatable bonds is 7. The minimum atomic E-state index is -3.79. The summed E-state index contributed by atoms with van der Waals surface area (Å²) >= 11 is 0. The second kappa shape index (κ2) is 8.33. The lowest BCUT2D eigenvalue weighted by Gasteiger charge is -2.17. The van der Waals surface area contributed by atoms with Crippen LogP contribution in [0.2, 0.25) is 0 Å². The Labute approximate surface area is 149 Å². The van der Waals surface area contributed by atoms with E-state index in [0.717, 1.165) is 40.7 Å². The van der Waals surface area contributed by atoms with E-state index in [9.17, 15) is 26.4 Å². The van der Waals surface area contributed by atoms with Gasteiger partial charge < -0.3 is 5.32 Å². The summed E-state index contributed by atoms with van der Waals surface area (Å²) in [6.07, 6.45) is 0.155. The molecule has 0 aliphatic heterocycles. The maximum Gasteiger partial charge on any atom is 0.242 e. The molecule has 26 heavy (non-hydrogen) atoms. The van der Waals surface area contributed by atoms with Gasteiger partial charge in [0.1, 0.15) is 17.5 Å². The zero-order valence-corrected chi connectivity index (χ0v) is 14.7. The number of nitrogens with one attached hydrogen (secondary N) is 1. The number of carbonyl (C=O) groups is 1. The molecular weight excluding hydrogens is 369 g/mol. The monoisotopic (exact) mass is 386 g/mol. The third kappa shape index (κ3) is 5.30. The fraction of sp³-hybridized carbons (Fsp3) is 0.235. The average molecular weight is 386 g/mol. The van der Waals surface area contributed by atoms with Gasteiger partial charge in [0.25, 0.3) is 0 Å². The van der Waals surface area contributed by atoms with Gasteiger partial charge in [-0.2, -0.15) is 0 Å². The Morgan fingerprint density at radius 1 is 1.00 bits per heavy atom. The van der Waals surface area contributed by atoms with Crippen LogP contribution in [-0.2, 0) is 14.8 Å². The molecule has 2 rings (SSSR count). The Balaban J connectivity index is 1.88. The van der Waals surface area contributed by atoms with Crippen molar-refractivity contribution >= 4 is 21.6 Å². The predicted octanol–water partition coefficient (Wildman–Crippen LogP) is 3.14. The third-order valence-electron chi connectivity index (χ3n) is 3.54. The smallest absolute Gasteiger partial charge is 0.242 e. The average Bonchev–Trinajstić information content (AvgIpc) is 2.54. The van der Waals surface area contributed by atoms with Crippen LogP contribution in [0, 0.1) is 17.5 Å². The molecule has 0 spiro atoms. The molecule has 1 N–H and O–H groups in total. The van der Waals surface area contributed by atoms with E-state index in [1.165, 1.54) is 7.05 Å². The van der Waals surface area contributed by atoms with Crippen LogP contribution < -0.4 is 5.32 Å². The number of sulfonamides is 1. The summed E-state index contributed by atoms with van der Waals surface area (Å²) in [4.78, 5) is 11.8. The quantitative estimate of drug-likeness (QED) is 0.795. The first-order valence-electron chi connectivity index (χ1n) is 7.66. The molecule has 0 atom stereocenters. The summed E-state index contributed by atoms with van der Waals surface area (Å²) in [6.45, 7) is 0.0463. The van der Waals surface area contributed by atoms with E-state index in [1.807, 2.05) is 0 Å². The third-order valence-corrected chi connectivity index (χ3v) is 5.42. The van der Waals surface area contributed by atoms with Gasteiger partial charge in [0.2, 0.25) is 15.9 Å². The zero-order valence-electron chi connectivity index (χ0n) is 13.9. The molecule has 0 aliphatic carbocycles. The molecule has 140 valence electrons. The van der Waals surface area contributed by atoms with Gasteiger partial charge in [0.15, 0.2) is 0 Å². The number of hydrogen-bond acceptors (Lipinski definition) is 3. The maximum atomic E-state index is 13.1. The summed E-state index contributed by atoms with van der Waals surface area (Å²) < 4.78 is 64.7. The second-order valence-corrected chi connectivity index (χ2v) is 7.64. The van der Waals surface area contributed by atoms with Crippen molar-refractivity contribution in [3.8, 4) is 0 Å². The molecule has 0 unspecified atom stereocenters. The SMILES string of the molecule is CN(CCCC(=O)Nc1cc(F)cc(F)c1)S(=O)(=O)c1ccc(F)cc1. The van der Waals surface area contributed by atoms with E-state index in [-0.39, 0.29) is 30.0 Å². The summed E-state index contributed by atoms with van der Waals surface area (Å²) in [5.74, 6) is -2.67. The van der Waals surface area contributed by atoms with E-state index in [0.29, 0.717) is 6.07 Å². The van der Waals surface area contributed by atoms with E-state index in [1.54, 1.807) is 0 Å². The molecule has 2 aromatic rings. The summed E-state index contributed by atoms with van der Waals surface area (Å²) in [5.41, 5.74) is -0.0141. The van der Waals surface area contributed by atoms with E-state index < -0.39 is 33.4 Å². The molecule has 2 aromatic carbocycles. The topological polar surface area (TPSA) is 66.5 Å². The lowest BCUT2D eigenvalue weighted by atomic mass is 10.2. The predicted molar refractivity (Wildman–Crippen MR) is 90.4 cm³/mol. The van der Waals surface area contributed by atoms with Crippen LogP contribution in [-0.4, -0.2) is 32.2 Å². The van der Waals surface area contributed by atoms with Gasteiger partial charge in [-0.1, -0.05) is 0 Å². The van der Waals surface area contributed by atoms with Crippen molar-refractivity contribution < 1.29 is 26.4 Å². The van der Waals surface area contributed by atoms with Crippen LogP contribution in [0.4, 0.5) is 18.9 Å². The number of hydrogen-bond donors (Lipinski definition) is 1. The molecular formula is C17H17F3N2O3S. The Kier molecular flexibility index (Phi) is 6.38. The Morgan fingerprint density at radius 3 is 2.15 bits per heavy atom. The highest BCUT2D eigenvalue weighted by Gasteiger charge is 2.20. The van der Waals surface area contributed by atoms with Crippen LogP contribution >= 0.6 is 0 Å². The number of carbonyl (C=O) groups excluding carboxylic acids is 1. The van der Waals surface area contributed by atoms with Crippen molar-refractivity contribution in [3.63, 3.8) is 0 Å². The highest BCUT2D eigenvalue weighted by atomic mass is 32.2. The Morgan fingerprint density at radius 2 is 1.58 bits per heavy atom. The van der Waals surface area contributed by atoms with E-state index in [4.69, 9.17) is 0 Å². The van der Waals surface area contributed by atoms with E-state index in [2.05, 4.69) is 5.32 Å². The van der Waals surface area contributed by atoms with Gasteiger partial charge in [-0.05, 0) is 42.8 Å².